The van der Waals surface area contributed by atoms with E-state index in [0.717, 1.165) is 17.0 Å². The third-order valence-corrected chi connectivity index (χ3v) is 5.77. The predicted molar refractivity (Wildman–Crippen MR) is 125 cm³/mol. The number of benzene rings is 2. The third-order valence-electron chi connectivity index (χ3n) is 5.77. The van der Waals surface area contributed by atoms with Crippen molar-refractivity contribution in [3.05, 3.63) is 76.8 Å². The van der Waals surface area contributed by atoms with Crippen LogP contribution in [-0.4, -0.2) is 63.4 Å². The molecule has 5 rings (SSSR count). The molecule has 1 N–H and O–H groups in total. The highest BCUT2D eigenvalue weighted by molar-refractivity contribution is 5.98. The number of carbonyl (C=O) groups is 1. The van der Waals surface area contributed by atoms with Crippen LogP contribution in [0.1, 0.15) is 17.4 Å². The van der Waals surface area contributed by atoms with Gasteiger partial charge < -0.3 is 19.5 Å². The molecule has 9 nitrogen and oxygen atoms in total. The van der Waals surface area contributed by atoms with Gasteiger partial charge in [-0.3, -0.25) is 9.59 Å². The molecule has 0 spiro atoms. The number of hydrogen-bond acceptors (Lipinski definition) is 6. The summed E-state index contributed by atoms with van der Waals surface area (Å²) in [6.07, 6.45) is 1.68. The van der Waals surface area contributed by atoms with Crippen LogP contribution in [-0.2, 0) is 0 Å². The first-order chi connectivity index (χ1) is 16.2. The number of aromatic nitrogens is 4. The Morgan fingerprint density at radius 2 is 1.76 bits per heavy atom. The van der Waals surface area contributed by atoms with Crippen molar-refractivity contribution in [2.24, 2.45) is 0 Å². The van der Waals surface area contributed by atoms with Gasteiger partial charge in [-0.05, 0) is 24.6 Å². The second kappa shape index (κ2) is 8.78. The number of carbonyl (C=O) groups excluding carboxylic acids is 1. The molecule has 9 heteroatoms. The Labute approximate surface area is 190 Å². The maximum absolute atomic E-state index is 13.2. The number of nitrogens with zero attached hydrogens (tertiary/aromatic N) is 5. The van der Waals surface area contributed by atoms with E-state index in [4.69, 9.17) is 4.74 Å². The van der Waals surface area contributed by atoms with Gasteiger partial charge in [-0.1, -0.05) is 47.7 Å². The van der Waals surface area contributed by atoms with Gasteiger partial charge in [-0.25, -0.2) is 4.52 Å². The topological polar surface area (TPSA) is 95.8 Å². The van der Waals surface area contributed by atoms with E-state index in [1.165, 1.54) is 4.52 Å². The van der Waals surface area contributed by atoms with E-state index in [2.05, 4.69) is 20.2 Å². The average molecular weight is 444 g/mol. The average Bonchev–Trinajstić information content (AvgIpc) is 3.30. The van der Waals surface area contributed by atoms with E-state index >= 15 is 0 Å². The molecule has 1 fully saturated rings. The van der Waals surface area contributed by atoms with Crippen molar-refractivity contribution in [3.63, 3.8) is 0 Å². The Balaban J connectivity index is 1.36. The largest absolute Gasteiger partial charge is 0.492 e. The lowest BCUT2D eigenvalue weighted by atomic mass is 10.1. The Morgan fingerprint density at radius 1 is 1.03 bits per heavy atom. The van der Waals surface area contributed by atoms with Gasteiger partial charge in [0.05, 0.1) is 24.2 Å². The predicted octanol–water partition coefficient (Wildman–Crippen LogP) is 2.45. The molecule has 1 amide bonds. The number of anilines is 1. The fourth-order valence-corrected chi connectivity index (χ4v) is 4.14. The molecule has 168 valence electrons. The molecule has 0 atom stereocenters. The molecule has 1 saturated heterocycles. The number of ether oxygens (including phenoxy) is 1. The summed E-state index contributed by atoms with van der Waals surface area (Å²) in [5, 5.41) is 8.10. The zero-order chi connectivity index (χ0) is 22.8. The number of H-pyrrole nitrogens is 1. The minimum absolute atomic E-state index is 0.0685. The first-order valence-corrected chi connectivity index (χ1v) is 11.0. The molecular weight excluding hydrogens is 420 g/mol. The van der Waals surface area contributed by atoms with Crippen molar-refractivity contribution in [1.82, 2.24) is 24.7 Å². The van der Waals surface area contributed by atoms with Crippen LogP contribution in [0.25, 0.3) is 16.8 Å². The van der Waals surface area contributed by atoms with Gasteiger partial charge in [0.2, 0.25) is 0 Å². The van der Waals surface area contributed by atoms with Crippen LogP contribution in [0.2, 0.25) is 0 Å². The number of para-hydroxylation sites is 2. The molecule has 0 unspecified atom stereocenters. The van der Waals surface area contributed by atoms with E-state index < -0.39 is 5.56 Å². The first kappa shape index (κ1) is 20.7. The summed E-state index contributed by atoms with van der Waals surface area (Å²) < 4.78 is 7.12. The van der Waals surface area contributed by atoms with Crippen molar-refractivity contribution in [2.45, 2.75) is 6.92 Å². The van der Waals surface area contributed by atoms with Crippen LogP contribution in [0.4, 0.5) is 5.69 Å². The minimum atomic E-state index is -0.394. The number of aromatic amines is 1. The monoisotopic (exact) mass is 444 g/mol. The molecule has 1 aliphatic rings. The molecule has 33 heavy (non-hydrogen) atoms. The number of rotatable bonds is 5. The van der Waals surface area contributed by atoms with Crippen molar-refractivity contribution in [1.29, 1.82) is 0 Å². The van der Waals surface area contributed by atoms with Gasteiger partial charge >= 0.3 is 0 Å². The number of hydrogen-bond donors (Lipinski definition) is 1. The molecule has 0 bridgehead atoms. The Bertz CT molecular complexity index is 1340. The Morgan fingerprint density at radius 3 is 2.52 bits per heavy atom. The molecule has 0 aliphatic carbocycles. The number of amides is 1. The number of nitrogens with one attached hydrogen (secondary N) is 1. The fourth-order valence-electron chi connectivity index (χ4n) is 4.14. The van der Waals surface area contributed by atoms with Gasteiger partial charge in [0, 0.05) is 26.2 Å². The van der Waals surface area contributed by atoms with Crippen molar-refractivity contribution < 1.29 is 9.53 Å². The summed E-state index contributed by atoms with van der Waals surface area (Å²) in [6, 6.07) is 17.4. The number of piperazine rings is 1. The van der Waals surface area contributed by atoms with E-state index in [0.29, 0.717) is 38.5 Å². The van der Waals surface area contributed by atoms with Crippen molar-refractivity contribution in [2.75, 3.05) is 37.7 Å². The summed E-state index contributed by atoms with van der Waals surface area (Å²) in [7, 11) is 0. The van der Waals surface area contributed by atoms with Crippen LogP contribution in [0.15, 0.2) is 65.6 Å². The standard InChI is InChI=1S/C24H24N6O3/c1-2-33-20-11-7-6-10-19(20)28-12-14-29(15-13-28)24(32)21-22-23(31)25-18(16-30(22)27-26-21)17-8-4-3-5-9-17/h3-11,16H,2,12-15H2,1H3,(H,25,31). The maximum atomic E-state index is 13.2. The molecule has 2 aromatic heterocycles. The molecule has 0 saturated carbocycles. The molecule has 1 aliphatic heterocycles. The van der Waals surface area contributed by atoms with Gasteiger partial charge in [-0.15, -0.1) is 5.10 Å². The highest BCUT2D eigenvalue weighted by Gasteiger charge is 2.28. The van der Waals surface area contributed by atoms with E-state index in [1.54, 1.807) is 11.1 Å². The molecule has 3 heterocycles. The van der Waals surface area contributed by atoms with E-state index in [-0.39, 0.29) is 17.1 Å². The third kappa shape index (κ3) is 3.93. The SMILES string of the molecule is CCOc1ccccc1N1CCN(C(=O)c2nnn3cc(-c4ccccc4)[nH]c(=O)c23)CC1. The fraction of sp³-hybridized carbons (Fsp3) is 0.250. The second-order valence-corrected chi connectivity index (χ2v) is 7.77. The van der Waals surface area contributed by atoms with Crippen LogP contribution in [0, 0.1) is 0 Å². The summed E-state index contributed by atoms with van der Waals surface area (Å²) >= 11 is 0. The lowest BCUT2D eigenvalue weighted by Gasteiger charge is -2.36. The Hall–Kier alpha value is -4.14. The lowest BCUT2D eigenvalue weighted by Crippen LogP contribution is -2.49. The van der Waals surface area contributed by atoms with Crippen molar-refractivity contribution in [3.8, 4) is 17.0 Å². The molecule has 4 aromatic rings. The summed E-state index contributed by atoms with van der Waals surface area (Å²) in [4.78, 5) is 32.8. The van der Waals surface area contributed by atoms with Gasteiger partial charge in [-0.2, -0.15) is 0 Å². The lowest BCUT2D eigenvalue weighted by molar-refractivity contribution is 0.0742. The zero-order valence-corrected chi connectivity index (χ0v) is 18.3. The van der Waals surface area contributed by atoms with Crippen LogP contribution < -0.4 is 15.2 Å². The highest BCUT2D eigenvalue weighted by atomic mass is 16.5. The smallest absolute Gasteiger partial charge is 0.277 e. The van der Waals surface area contributed by atoms with Crippen molar-refractivity contribution >= 4 is 17.1 Å². The van der Waals surface area contributed by atoms with Crippen LogP contribution >= 0.6 is 0 Å². The highest BCUT2D eigenvalue weighted by Crippen LogP contribution is 2.29. The first-order valence-electron chi connectivity index (χ1n) is 11.0. The molecular formula is C24H24N6O3. The molecule has 2 aromatic carbocycles. The summed E-state index contributed by atoms with van der Waals surface area (Å²) in [5.41, 5.74) is 2.31. The normalized spacial score (nSPS) is 14.0. The van der Waals surface area contributed by atoms with Crippen LogP contribution in [0.3, 0.4) is 0 Å². The van der Waals surface area contributed by atoms with E-state index in [9.17, 15) is 9.59 Å². The minimum Gasteiger partial charge on any atom is -0.492 e. The Kier molecular flexibility index (Phi) is 5.52. The maximum Gasteiger partial charge on any atom is 0.277 e. The van der Waals surface area contributed by atoms with E-state index in [1.807, 2.05) is 61.5 Å². The number of fused-ring (bicyclic) bond motifs is 1. The second-order valence-electron chi connectivity index (χ2n) is 7.77. The summed E-state index contributed by atoms with van der Waals surface area (Å²) in [6.45, 7) is 4.89. The van der Waals surface area contributed by atoms with Gasteiger partial charge in [0.1, 0.15) is 5.75 Å². The summed E-state index contributed by atoms with van der Waals surface area (Å²) in [5.74, 6) is 0.547. The quantitative estimate of drug-likeness (QED) is 0.508. The molecule has 0 radical (unpaired) electrons. The van der Waals surface area contributed by atoms with Gasteiger partial charge in [0.25, 0.3) is 11.5 Å². The zero-order valence-electron chi connectivity index (χ0n) is 18.3. The van der Waals surface area contributed by atoms with Crippen LogP contribution in [0.5, 0.6) is 5.75 Å². The van der Waals surface area contributed by atoms with Gasteiger partial charge in [0.15, 0.2) is 11.2 Å².